The number of benzene rings is 1. The molecule has 0 spiro atoms. The van der Waals surface area contributed by atoms with Crippen molar-refractivity contribution < 1.29 is 19.1 Å². The number of imidazole rings is 2. The lowest BCUT2D eigenvalue weighted by atomic mass is 9.80. The van der Waals surface area contributed by atoms with Gasteiger partial charge in [0, 0.05) is 56.8 Å². The number of carbonyl (C=O) groups is 3. The van der Waals surface area contributed by atoms with E-state index in [-0.39, 0.29) is 30.0 Å². The number of likely N-dealkylation sites (tertiary alicyclic amines) is 1. The fraction of sp³-hybridized carbons (Fsp3) is 0.452. The third-order valence-corrected chi connectivity index (χ3v) is 12.2. The van der Waals surface area contributed by atoms with Crippen molar-refractivity contribution in [2.24, 2.45) is 13.0 Å². The van der Waals surface area contributed by atoms with Gasteiger partial charge in [-0.3, -0.25) is 28.8 Å². The molecule has 296 valence electrons. The minimum Gasteiger partial charge on any atom is -0.490 e. The summed E-state index contributed by atoms with van der Waals surface area (Å²) in [6.45, 7) is 7.06. The Balaban J connectivity index is 0.815. The molecule has 3 fully saturated rings. The number of aryl methyl sites for hydroxylation is 1. The number of aromatic nitrogens is 7. The average Bonchev–Trinajstić information content (AvgIpc) is 3.88. The normalized spacial score (nSPS) is 21.2. The van der Waals surface area contributed by atoms with Crippen molar-refractivity contribution >= 4 is 45.7 Å². The number of nitrogens with one attached hydrogen (secondary N) is 2. The topological polar surface area (TPSA) is 162 Å². The summed E-state index contributed by atoms with van der Waals surface area (Å²) in [7, 11) is 1.75. The van der Waals surface area contributed by atoms with E-state index in [9.17, 15) is 19.2 Å². The quantitative estimate of drug-likeness (QED) is 0.188. The Morgan fingerprint density at radius 3 is 2.56 bits per heavy atom. The van der Waals surface area contributed by atoms with E-state index in [1.165, 1.54) is 5.56 Å². The summed E-state index contributed by atoms with van der Waals surface area (Å²) >= 11 is 0. The monoisotopic (exact) mass is 772 g/mol. The summed E-state index contributed by atoms with van der Waals surface area (Å²) in [5, 5.41) is 9.64. The van der Waals surface area contributed by atoms with Crippen LogP contribution in [-0.4, -0.2) is 81.5 Å². The van der Waals surface area contributed by atoms with Gasteiger partial charge in [-0.25, -0.2) is 19.3 Å². The smallest absolute Gasteiger partial charge is 0.329 e. The molecule has 57 heavy (non-hydrogen) atoms. The van der Waals surface area contributed by atoms with Crippen molar-refractivity contribution in [3.63, 3.8) is 0 Å². The van der Waals surface area contributed by atoms with Crippen LogP contribution >= 0.6 is 0 Å². The number of fused-ring (bicyclic) bond motifs is 3. The first-order valence-electron chi connectivity index (χ1n) is 20.2. The molecule has 1 unspecified atom stereocenters. The van der Waals surface area contributed by atoms with Crippen molar-refractivity contribution in [3.05, 3.63) is 88.6 Å². The van der Waals surface area contributed by atoms with Crippen molar-refractivity contribution in [1.82, 2.24) is 43.3 Å². The molecular weight excluding hydrogens is 725 g/mol. The number of imide groups is 1. The Morgan fingerprint density at radius 1 is 0.982 bits per heavy atom. The number of hydrogen-bond acceptors (Lipinski definition) is 9. The van der Waals surface area contributed by atoms with E-state index < -0.39 is 11.9 Å². The van der Waals surface area contributed by atoms with Gasteiger partial charge in [-0.15, -0.1) is 0 Å². The third kappa shape index (κ3) is 7.09. The minimum atomic E-state index is -0.678. The van der Waals surface area contributed by atoms with Crippen LogP contribution in [0.1, 0.15) is 105 Å². The molecule has 0 radical (unpaired) electrons. The molecule has 1 aromatic carbocycles. The summed E-state index contributed by atoms with van der Waals surface area (Å²) in [6.07, 6.45) is 15.9. The van der Waals surface area contributed by atoms with Gasteiger partial charge in [-0.05, 0) is 107 Å². The lowest BCUT2D eigenvalue weighted by molar-refractivity contribution is -0.135. The molecule has 3 aliphatic rings. The molecule has 3 amide bonds. The Labute approximate surface area is 329 Å². The number of nitrogens with zero attached hydrogens (tertiary/aromatic N) is 8. The lowest BCUT2D eigenvalue weighted by Crippen LogP contribution is -2.44. The largest absolute Gasteiger partial charge is 0.490 e. The van der Waals surface area contributed by atoms with Crippen LogP contribution in [0.15, 0.2) is 66.1 Å². The second kappa shape index (κ2) is 14.9. The van der Waals surface area contributed by atoms with E-state index in [1.54, 1.807) is 45.4 Å². The van der Waals surface area contributed by atoms with Crippen LogP contribution in [0.25, 0.3) is 22.3 Å². The summed E-state index contributed by atoms with van der Waals surface area (Å²) in [6, 6.07) is 9.17. The molecule has 1 atom stereocenters. The molecule has 6 aromatic rings. The predicted molar refractivity (Wildman–Crippen MR) is 214 cm³/mol. The van der Waals surface area contributed by atoms with Crippen molar-refractivity contribution in [2.45, 2.75) is 89.2 Å². The molecule has 2 saturated heterocycles. The number of amides is 3. The van der Waals surface area contributed by atoms with Gasteiger partial charge in [0.15, 0.2) is 5.65 Å². The van der Waals surface area contributed by atoms with Gasteiger partial charge < -0.3 is 19.4 Å². The molecule has 1 aliphatic carbocycles. The van der Waals surface area contributed by atoms with Crippen LogP contribution in [0.3, 0.4) is 0 Å². The van der Waals surface area contributed by atoms with E-state index in [2.05, 4.69) is 43.9 Å². The van der Waals surface area contributed by atoms with Gasteiger partial charge in [0.05, 0.1) is 34.6 Å². The molecule has 7 heterocycles. The lowest BCUT2D eigenvalue weighted by Gasteiger charge is -2.36. The van der Waals surface area contributed by atoms with Crippen LogP contribution in [0.5, 0.6) is 5.75 Å². The number of piperidine rings is 2. The molecule has 9 rings (SSSR count). The Hall–Kier alpha value is -5.83. The fourth-order valence-corrected chi connectivity index (χ4v) is 9.18. The summed E-state index contributed by atoms with van der Waals surface area (Å²) in [5.41, 5.74) is 5.85. The zero-order chi connectivity index (χ0) is 39.4. The summed E-state index contributed by atoms with van der Waals surface area (Å²) in [4.78, 5) is 63.2. The van der Waals surface area contributed by atoms with E-state index in [0.29, 0.717) is 46.8 Å². The van der Waals surface area contributed by atoms with E-state index in [0.717, 1.165) is 80.5 Å². The van der Waals surface area contributed by atoms with Gasteiger partial charge in [0.2, 0.25) is 11.8 Å². The molecule has 2 aliphatic heterocycles. The number of anilines is 1. The summed E-state index contributed by atoms with van der Waals surface area (Å²) in [5.74, 6) is 0.888. The van der Waals surface area contributed by atoms with Crippen LogP contribution in [0.4, 0.5) is 5.69 Å². The zero-order valence-corrected chi connectivity index (χ0v) is 32.6. The van der Waals surface area contributed by atoms with Crippen molar-refractivity contribution in [3.8, 4) is 5.75 Å². The summed E-state index contributed by atoms with van der Waals surface area (Å²) < 4.78 is 12.8. The molecule has 15 heteroatoms. The highest BCUT2D eigenvalue weighted by molar-refractivity contribution is 6.07. The van der Waals surface area contributed by atoms with Crippen LogP contribution in [-0.2, 0) is 16.6 Å². The Bertz CT molecular complexity index is 2570. The van der Waals surface area contributed by atoms with Crippen LogP contribution in [0.2, 0.25) is 0 Å². The van der Waals surface area contributed by atoms with Crippen molar-refractivity contribution in [2.75, 3.05) is 25.0 Å². The number of carbonyl (C=O) groups excluding carboxylic acids is 3. The standard InChI is InChI=1S/C42H48N10O5/c1-25(2)57-36-20-37-45-32(24-50(37)23-30(36)40(54)46-31-21-44-51-16-4-15-43-39(31)51)28-7-5-26(6-8-28)22-49-17-13-27(14-18-49)29-9-10-33-35(19-29)48(3)42(56)52(33)34-11-12-38(53)47-41(34)55/h4,9-10,15-16,19-21,23-28,34H,5-8,11-14,17-18,22H2,1-3H3,(H,46,54)(H,47,53,55). The highest BCUT2D eigenvalue weighted by atomic mass is 16.5. The van der Waals surface area contributed by atoms with E-state index >= 15 is 0 Å². The molecular formula is C42H48N10O5. The maximum atomic E-state index is 13.6. The number of pyridine rings is 1. The molecule has 1 saturated carbocycles. The highest BCUT2D eigenvalue weighted by Gasteiger charge is 2.32. The number of hydrogen-bond donors (Lipinski definition) is 2. The second-order valence-electron chi connectivity index (χ2n) is 16.3. The van der Waals surface area contributed by atoms with E-state index in [1.807, 2.05) is 36.6 Å². The molecule has 2 N–H and O–H groups in total. The van der Waals surface area contributed by atoms with E-state index in [4.69, 9.17) is 9.72 Å². The van der Waals surface area contributed by atoms with Gasteiger partial charge in [-0.1, -0.05) is 6.07 Å². The van der Waals surface area contributed by atoms with Gasteiger partial charge in [0.1, 0.15) is 23.1 Å². The predicted octanol–water partition coefficient (Wildman–Crippen LogP) is 5.20. The number of rotatable bonds is 9. The highest BCUT2D eigenvalue weighted by Crippen LogP contribution is 2.38. The first-order chi connectivity index (χ1) is 27.6. The maximum absolute atomic E-state index is 13.6. The molecule has 0 bridgehead atoms. The second-order valence-corrected chi connectivity index (χ2v) is 16.3. The number of ether oxygens (including phenoxy) is 1. The minimum absolute atomic E-state index is 0.124. The van der Waals surface area contributed by atoms with Crippen molar-refractivity contribution in [1.29, 1.82) is 0 Å². The van der Waals surface area contributed by atoms with Gasteiger partial charge in [-0.2, -0.15) is 5.10 Å². The molecule has 15 nitrogen and oxygen atoms in total. The Kier molecular flexibility index (Phi) is 9.63. The zero-order valence-electron chi connectivity index (χ0n) is 32.6. The average molecular weight is 773 g/mol. The third-order valence-electron chi connectivity index (χ3n) is 12.2. The molecule has 5 aromatic heterocycles. The van der Waals surface area contributed by atoms with Crippen LogP contribution in [0, 0.1) is 5.92 Å². The Morgan fingerprint density at radius 2 is 1.79 bits per heavy atom. The van der Waals surface area contributed by atoms with Gasteiger partial charge in [0.25, 0.3) is 5.91 Å². The SMILES string of the molecule is CC(C)Oc1cc2nc(C3CCC(CN4CCC(c5ccc6c(c5)n(C)c(=O)n6C5CCC(=O)NC5=O)CC4)CC3)cn2cc1C(=O)Nc1cnn2cccnc12. The first-order valence-corrected chi connectivity index (χ1v) is 20.2. The fourth-order valence-electron chi connectivity index (χ4n) is 9.18. The van der Waals surface area contributed by atoms with Crippen LogP contribution < -0.4 is 21.1 Å². The maximum Gasteiger partial charge on any atom is 0.329 e. The van der Waals surface area contributed by atoms with Gasteiger partial charge >= 0.3 is 5.69 Å². The first kappa shape index (κ1) is 36.8.